The first kappa shape index (κ1) is 28.6. The van der Waals surface area contributed by atoms with Crippen molar-refractivity contribution < 1.29 is 31.9 Å². The number of nitro benzene ring substituents is 1. The Balaban J connectivity index is 1.87. The Hall–Kier alpha value is -4.93. The molecule has 2 N–H and O–H groups in total. The Kier molecular flexibility index (Phi) is 8.87. The minimum Gasteiger partial charge on any atom is -0.493 e. The quantitative estimate of drug-likeness (QED) is 0.123. The Morgan fingerprint density at radius 1 is 1.08 bits per heavy atom. The molecule has 0 heterocycles. The molecule has 0 saturated carbocycles. The number of nitrogens with zero attached hydrogens (tertiary/aromatic N) is 2. The van der Waals surface area contributed by atoms with E-state index in [-0.39, 0.29) is 49.8 Å². The number of rotatable bonds is 9. The fraction of sp³-hybridized carbons (Fsp3) is 0.0800. The molecule has 2 amide bonds. The van der Waals surface area contributed by atoms with Gasteiger partial charge in [0, 0.05) is 30.4 Å². The molecule has 0 aliphatic carbocycles. The monoisotopic (exact) mass is 570 g/mol. The molecule has 0 aliphatic rings. The van der Waals surface area contributed by atoms with E-state index in [0.717, 1.165) is 6.07 Å². The summed E-state index contributed by atoms with van der Waals surface area (Å²) in [6.07, 6.45) is 1.17. The Bertz CT molecular complexity index is 1630. The molecule has 0 saturated heterocycles. The zero-order valence-corrected chi connectivity index (χ0v) is 21.9. The van der Waals surface area contributed by atoms with Crippen molar-refractivity contribution in [2.75, 3.05) is 17.7 Å². The third-order valence-electron chi connectivity index (χ3n) is 4.90. The molecule has 0 radical (unpaired) electrons. The first-order valence-corrected chi connectivity index (χ1v) is 12.6. The van der Waals surface area contributed by atoms with Crippen LogP contribution in [0.15, 0.2) is 71.1 Å². The van der Waals surface area contributed by atoms with E-state index in [1.54, 1.807) is 6.07 Å². The molecule has 3 rings (SSSR count). The topological polar surface area (TPSA) is 178 Å². The molecule has 0 fully saturated rings. The lowest BCUT2D eigenvalue weighted by atomic mass is 10.1. The summed E-state index contributed by atoms with van der Waals surface area (Å²) in [7, 11) is -3.13. The van der Waals surface area contributed by atoms with Gasteiger partial charge in [0.25, 0.3) is 11.6 Å². The van der Waals surface area contributed by atoms with Crippen molar-refractivity contribution in [1.82, 2.24) is 0 Å². The second-order valence-electron chi connectivity index (χ2n) is 7.71. The van der Waals surface area contributed by atoms with Crippen LogP contribution < -0.4 is 19.6 Å². The maximum absolute atomic E-state index is 12.8. The highest BCUT2D eigenvalue weighted by Crippen LogP contribution is 2.39. The molecule has 3 aromatic rings. The smallest absolute Gasteiger partial charge is 0.339 e. The van der Waals surface area contributed by atoms with E-state index < -0.39 is 20.9 Å². The van der Waals surface area contributed by atoms with Gasteiger partial charge in [-0.2, -0.15) is 13.7 Å². The van der Waals surface area contributed by atoms with Gasteiger partial charge >= 0.3 is 10.1 Å². The second-order valence-corrected chi connectivity index (χ2v) is 9.66. The van der Waals surface area contributed by atoms with Crippen LogP contribution in [0, 0.1) is 21.4 Å². The summed E-state index contributed by atoms with van der Waals surface area (Å²) in [5.74, 6) is -1.61. The van der Waals surface area contributed by atoms with Gasteiger partial charge in [0.2, 0.25) is 11.7 Å². The average Bonchev–Trinajstić information content (AvgIpc) is 2.88. The summed E-state index contributed by atoms with van der Waals surface area (Å²) < 4.78 is 36.1. The van der Waals surface area contributed by atoms with E-state index in [1.807, 2.05) is 0 Å². The van der Waals surface area contributed by atoms with Crippen LogP contribution >= 0.6 is 11.6 Å². The van der Waals surface area contributed by atoms with Crippen molar-refractivity contribution in [3.63, 3.8) is 0 Å². The van der Waals surface area contributed by atoms with Crippen LogP contribution in [0.5, 0.6) is 11.5 Å². The van der Waals surface area contributed by atoms with Gasteiger partial charge in [-0.3, -0.25) is 19.7 Å². The van der Waals surface area contributed by atoms with Gasteiger partial charge in [-0.05, 0) is 54.1 Å². The third kappa shape index (κ3) is 7.31. The molecule has 200 valence electrons. The molecule has 0 aromatic heterocycles. The van der Waals surface area contributed by atoms with Gasteiger partial charge in [-0.15, -0.1) is 0 Å². The molecule has 0 bridgehead atoms. The van der Waals surface area contributed by atoms with Crippen LogP contribution in [0.1, 0.15) is 12.5 Å². The molecule has 0 spiro atoms. The van der Waals surface area contributed by atoms with E-state index in [0.29, 0.717) is 5.69 Å². The van der Waals surface area contributed by atoms with E-state index in [1.165, 1.54) is 74.7 Å². The predicted molar refractivity (Wildman–Crippen MR) is 142 cm³/mol. The minimum atomic E-state index is -4.37. The van der Waals surface area contributed by atoms with Crippen LogP contribution in [0.4, 0.5) is 17.1 Å². The fourth-order valence-electron chi connectivity index (χ4n) is 3.18. The van der Waals surface area contributed by atoms with Crippen LogP contribution in [0.25, 0.3) is 6.08 Å². The van der Waals surface area contributed by atoms with E-state index in [4.69, 9.17) is 20.5 Å². The highest BCUT2D eigenvalue weighted by molar-refractivity contribution is 7.87. The lowest BCUT2D eigenvalue weighted by Gasteiger charge is -2.14. The number of hydrogen-bond donors (Lipinski definition) is 2. The molecule has 39 heavy (non-hydrogen) atoms. The van der Waals surface area contributed by atoms with Crippen LogP contribution in [0.2, 0.25) is 5.02 Å². The van der Waals surface area contributed by atoms with E-state index in [9.17, 15) is 33.4 Å². The lowest BCUT2D eigenvalue weighted by Crippen LogP contribution is -2.13. The van der Waals surface area contributed by atoms with Crippen molar-refractivity contribution in [3.05, 3.63) is 86.9 Å². The first-order chi connectivity index (χ1) is 18.4. The van der Waals surface area contributed by atoms with Gasteiger partial charge in [0.1, 0.15) is 16.5 Å². The maximum Gasteiger partial charge on any atom is 0.339 e. The molecule has 3 aromatic carbocycles. The average molecular weight is 571 g/mol. The number of ether oxygens (including phenoxy) is 1. The number of carbonyl (C=O) groups excluding carboxylic acids is 2. The largest absolute Gasteiger partial charge is 0.493 e. The summed E-state index contributed by atoms with van der Waals surface area (Å²) in [4.78, 5) is 33.9. The van der Waals surface area contributed by atoms with Gasteiger partial charge in [-0.1, -0.05) is 17.7 Å². The predicted octanol–water partition coefficient (Wildman–Crippen LogP) is 4.53. The van der Waals surface area contributed by atoms with Gasteiger partial charge in [0.15, 0.2) is 5.75 Å². The number of nitrogens with one attached hydrogen (secondary N) is 2. The molecule has 14 heteroatoms. The Morgan fingerprint density at radius 2 is 1.77 bits per heavy atom. The normalized spacial score (nSPS) is 11.2. The number of benzene rings is 3. The molecule has 12 nitrogen and oxygen atoms in total. The molecular formula is C25H19ClN4O8S. The zero-order chi connectivity index (χ0) is 28.7. The summed E-state index contributed by atoms with van der Waals surface area (Å²) in [5, 5.41) is 25.2. The third-order valence-corrected chi connectivity index (χ3v) is 6.42. The summed E-state index contributed by atoms with van der Waals surface area (Å²) >= 11 is 6.28. The summed E-state index contributed by atoms with van der Waals surface area (Å²) in [6, 6.07) is 14.7. The molecular weight excluding hydrogens is 552 g/mol. The van der Waals surface area contributed by atoms with Crippen LogP contribution in [0.3, 0.4) is 0 Å². The number of methoxy groups -OCH3 is 1. The highest BCUT2D eigenvalue weighted by atomic mass is 35.5. The summed E-state index contributed by atoms with van der Waals surface area (Å²) in [6.45, 7) is 1.31. The SMILES string of the molecule is COc1cc(/C=C(\C#N)C(=O)Nc2cccc([N+](=O)[O-])c2)cc(Cl)c1OS(=O)(=O)c1ccc(NC(C)=O)cc1. The number of hydrogen-bond acceptors (Lipinski definition) is 9. The number of nitriles is 1. The van der Waals surface area contributed by atoms with Crippen molar-refractivity contribution in [1.29, 1.82) is 5.26 Å². The van der Waals surface area contributed by atoms with Gasteiger partial charge in [-0.25, -0.2) is 0 Å². The van der Waals surface area contributed by atoms with Crippen molar-refractivity contribution in [2.24, 2.45) is 0 Å². The molecule has 0 unspecified atom stereocenters. The van der Waals surface area contributed by atoms with Gasteiger partial charge < -0.3 is 19.6 Å². The fourth-order valence-corrected chi connectivity index (χ4v) is 4.44. The van der Waals surface area contributed by atoms with E-state index in [2.05, 4.69) is 10.6 Å². The molecule has 0 atom stereocenters. The number of carbonyl (C=O) groups is 2. The van der Waals surface area contributed by atoms with Crippen molar-refractivity contribution >= 4 is 56.7 Å². The Labute approximate surface area is 227 Å². The van der Waals surface area contributed by atoms with Gasteiger partial charge in [0.05, 0.1) is 17.1 Å². The standard InChI is InChI=1S/C25H19ClN4O8S/c1-15(31)28-18-6-8-21(9-7-18)39(35,36)38-24-22(26)11-16(12-23(24)37-2)10-17(14-27)25(32)29-19-4-3-5-20(13-19)30(33)34/h3-13H,1-2H3,(H,28,31)(H,29,32)/b17-10+. The van der Waals surface area contributed by atoms with Crippen LogP contribution in [-0.2, 0) is 19.7 Å². The van der Waals surface area contributed by atoms with E-state index >= 15 is 0 Å². The minimum absolute atomic E-state index is 0.102. The lowest BCUT2D eigenvalue weighted by molar-refractivity contribution is -0.384. The molecule has 0 aliphatic heterocycles. The first-order valence-electron chi connectivity index (χ1n) is 10.8. The number of halogens is 1. The zero-order valence-electron chi connectivity index (χ0n) is 20.3. The number of anilines is 2. The maximum atomic E-state index is 12.8. The second kappa shape index (κ2) is 12.1. The Morgan fingerprint density at radius 3 is 2.36 bits per heavy atom. The number of nitro groups is 1. The van der Waals surface area contributed by atoms with Crippen molar-refractivity contribution in [2.45, 2.75) is 11.8 Å². The van der Waals surface area contributed by atoms with Crippen LogP contribution in [-0.4, -0.2) is 32.3 Å². The number of non-ortho nitro benzene ring substituents is 1. The summed E-state index contributed by atoms with van der Waals surface area (Å²) in [5.41, 5.74) is 0.0641. The van der Waals surface area contributed by atoms with Crippen molar-refractivity contribution in [3.8, 4) is 17.6 Å². The number of amides is 2. The highest BCUT2D eigenvalue weighted by Gasteiger charge is 2.23.